The third kappa shape index (κ3) is 5.54. The van der Waals surface area contributed by atoms with Gasteiger partial charge in [-0.3, -0.25) is 9.59 Å². The molecule has 2 aromatic carbocycles. The van der Waals surface area contributed by atoms with Crippen molar-refractivity contribution >= 4 is 11.8 Å². The lowest BCUT2D eigenvalue weighted by molar-refractivity contribution is -0.122. The minimum atomic E-state index is -0.529. The summed E-state index contributed by atoms with van der Waals surface area (Å²) >= 11 is 0. The molecule has 1 fully saturated rings. The van der Waals surface area contributed by atoms with Crippen molar-refractivity contribution in [3.8, 4) is 0 Å². The second-order valence-corrected chi connectivity index (χ2v) is 9.55. The Balaban J connectivity index is 1.59. The number of likely N-dealkylation sites (N-methyl/N-ethyl adjacent to an activating group) is 1. The first-order valence-corrected chi connectivity index (χ1v) is 11.2. The highest BCUT2D eigenvalue weighted by Crippen LogP contribution is 2.53. The quantitative estimate of drug-likeness (QED) is 0.628. The number of benzene rings is 2. The fourth-order valence-electron chi connectivity index (χ4n) is 4.15. The van der Waals surface area contributed by atoms with E-state index < -0.39 is 11.7 Å². The minimum Gasteiger partial charge on any atom is -0.354 e. The summed E-state index contributed by atoms with van der Waals surface area (Å²) in [5.41, 5.74) is 1.93. The van der Waals surface area contributed by atoms with Crippen LogP contribution in [0.2, 0.25) is 0 Å². The van der Waals surface area contributed by atoms with Crippen LogP contribution in [-0.4, -0.2) is 49.4 Å². The Kier molecular flexibility index (Phi) is 7.34. The van der Waals surface area contributed by atoms with Crippen LogP contribution in [0.3, 0.4) is 0 Å². The molecule has 0 radical (unpaired) electrons. The average molecular weight is 440 g/mol. The van der Waals surface area contributed by atoms with Gasteiger partial charge in [0.05, 0.1) is 5.56 Å². The van der Waals surface area contributed by atoms with Crippen LogP contribution in [0, 0.1) is 11.7 Å². The third-order valence-electron chi connectivity index (χ3n) is 6.40. The lowest BCUT2D eigenvalue weighted by atomic mass is 9.95. The molecule has 172 valence electrons. The molecule has 3 rings (SSSR count). The number of nitrogens with zero attached hydrogens (tertiary/aromatic N) is 1. The first-order valence-electron chi connectivity index (χ1n) is 11.2. The normalized spacial score (nSPS) is 20.8. The molecule has 0 unspecified atom stereocenters. The average Bonchev–Trinajstić information content (AvgIpc) is 3.44. The molecule has 0 heterocycles. The summed E-state index contributed by atoms with van der Waals surface area (Å²) < 4.78 is 14.5. The van der Waals surface area contributed by atoms with E-state index in [0.717, 1.165) is 12.0 Å². The van der Waals surface area contributed by atoms with Gasteiger partial charge in [-0.1, -0.05) is 43.3 Å². The van der Waals surface area contributed by atoms with Gasteiger partial charge in [0, 0.05) is 30.0 Å². The highest BCUT2D eigenvalue weighted by atomic mass is 19.1. The predicted molar refractivity (Wildman–Crippen MR) is 125 cm³/mol. The van der Waals surface area contributed by atoms with Crippen molar-refractivity contribution in [1.29, 1.82) is 0 Å². The van der Waals surface area contributed by atoms with Crippen LogP contribution in [0.1, 0.15) is 48.7 Å². The first kappa shape index (κ1) is 23.9. The summed E-state index contributed by atoms with van der Waals surface area (Å²) in [5, 5.41) is 5.81. The van der Waals surface area contributed by atoms with Crippen LogP contribution >= 0.6 is 0 Å². The highest BCUT2D eigenvalue weighted by Gasteiger charge is 2.55. The zero-order valence-corrected chi connectivity index (χ0v) is 19.6. The second-order valence-electron chi connectivity index (χ2n) is 9.55. The molecule has 0 aliphatic heterocycles. The van der Waals surface area contributed by atoms with Gasteiger partial charge in [-0.15, -0.1) is 0 Å². The SMILES string of the molecule is CC(C)NC(=O)c1ccc(C[C@@H](CNC(=O)[C@@H]2C[C@]2(C)c2ccccc2)N(C)C)cc1F. The molecule has 0 spiro atoms. The van der Waals surface area contributed by atoms with Crippen LogP contribution in [0.25, 0.3) is 0 Å². The number of halogens is 1. The highest BCUT2D eigenvalue weighted by molar-refractivity contribution is 5.94. The van der Waals surface area contributed by atoms with E-state index >= 15 is 0 Å². The molecule has 3 atom stereocenters. The maximum atomic E-state index is 14.5. The van der Waals surface area contributed by atoms with Crippen LogP contribution in [0.5, 0.6) is 0 Å². The molecule has 1 aliphatic carbocycles. The summed E-state index contributed by atoms with van der Waals surface area (Å²) in [4.78, 5) is 26.9. The summed E-state index contributed by atoms with van der Waals surface area (Å²) in [6.45, 7) is 6.29. The summed E-state index contributed by atoms with van der Waals surface area (Å²) in [6.07, 6.45) is 1.41. The van der Waals surface area contributed by atoms with Gasteiger partial charge in [0.2, 0.25) is 5.91 Å². The van der Waals surface area contributed by atoms with Gasteiger partial charge in [0.25, 0.3) is 5.91 Å². The molecule has 2 amide bonds. The van der Waals surface area contributed by atoms with Crippen LogP contribution in [-0.2, 0) is 16.6 Å². The molecule has 2 N–H and O–H groups in total. The molecule has 32 heavy (non-hydrogen) atoms. The van der Waals surface area contributed by atoms with E-state index in [1.165, 1.54) is 17.7 Å². The molecule has 0 saturated heterocycles. The topological polar surface area (TPSA) is 61.4 Å². The zero-order valence-electron chi connectivity index (χ0n) is 19.6. The number of amides is 2. The second kappa shape index (κ2) is 9.82. The Hall–Kier alpha value is -2.73. The van der Waals surface area contributed by atoms with E-state index in [1.54, 1.807) is 6.07 Å². The van der Waals surface area contributed by atoms with Crippen LogP contribution in [0.15, 0.2) is 48.5 Å². The standard InChI is InChI=1S/C26H34FN3O2/c1-17(2)29-24(31)21-12-11-18(14-23(21)27)13-20(30(4)5)16-28-25(32)22-15-26(22,3)19-9-7-6-8-10-19/h6-12,14,17,20,22H,13,15-16H2,1-5H3,(H,28,32)(H,29,31)/t20-,22-,26+/m0/s1. The number of hydrogen-bond acceptors (Lipinski definition) is 3. The predicted octanol–water partition coefficient (Wildman–Crippen LogP) is 3.53. The van der Waals surface area contributed by atoms with Crippen molar-refractivity contribution in [2.24, 2.45) is 5.92 Å². The van der Waals surface area contributed by atoms with Crippen molar-refractivity contribution < 1.29 is 14.0 Å². The van der Waals surface area contributed by atoms with Gasteiger partial charge in [-0.2, -0.15) is 0 Å². The maximum absolute atomic E-state index is 14.5. The van der Waals surface area contributed by atoms with Gasteiger partial charge in [0.15, 0.2) is 0 Å². The number of nitrogens with one attached hydrogen (secondary N) is 2. The monoisotopic (exact) mass is 439 g/mol. The minimum absolute atomic E-state index is 0.00965. The summed E-state index contributed by atoms with van der Waals surface area (Å²) in [7, 11) is 3.89. The molecule has 0 bridgehead atoms. The Bertz CT molecular complexity index is 961. The van der Waals surface area contributed by atoms with Gasteiger partial charge in [-0.25, -0.2) is 4.39 Å². The molecule has 2 aromatic rings. The lowest BCUT2D eigenvalue weighted by Gasteiger charge is -2.25. The first-order chi connectivity index (χ1) is 15.1. The van der Waals surface area contributed by atoms with Crippen molar-refractivity contribution in [2.75, 3.05) is 20.6 Å². The van der Waals surface area contributed by atoms with E-state index in [0.29, 0.717) is 13.0 Å². The Labute approximate surface area is 190 Å². The number of carbonyl (C=O) groups excluding carboxylic acids is 2. The largest absolute Gasteiger partial charge is 0.354 e. The van der Waals surface area contributed by atoms with Gasteiger partial charge in [0.1, 0.15) is 5.82 Å². The number of carbonyl (C=O) groups is 2. The number of hydrogen-bond donors (Lipinski definition) is 2. The Morgan fingerprint density at radius 3 is 2.44 bits per heavy atom. The van der Waals surface area contributed by atoms with Crippen LogP contribution in [0.4, 0.5) is 4.39 Å². The third-order valence-corrected chi connectivity index (χ3v) is 6.40. The van der Waals surface area contributed by atoms with Gasteiger partial charge >= 0.3 is 0 Å². The van der Waals surface area contributed by atoms with Gasteiger partial charge < -0.3 is 15.5 Å². The van der Waals surface area contributed by atoms with E-state index in [9.17, 15) is 14.0 Å². The summed E-state index contributed by atoms with van der Waals surface area (Å²) in [5.74, 6) is -0.899. The van der Waals surface area contributed by atoms with E-state index in [-0.39, 0.29) is 34.9 Å². The molecular formula is C26H34FN3O2. The maximum Gasteiger partial charge on any atom is 0.254 e. The summed E-state index contributed by atoms with van der Waals surface area (Å²) in [6, 6.07) is 14.8. The van der Waals surface area contributed by atoms with E-state index in [2.05, 4.69) is 29.7 Å². The fraction of sp³-hybridized carbons (Fsp3) is 0.462. The van der Waals surface area contributed by atoms with Crippen LogP contribution < -0.4 is 10.6 Å². The van der Waals surface area contributed by atoms with E-state index in [4.69, 9.17) is 0 Å². The fourth-order valence-corrected chi connectivity index (χ4v) is 4.15. The van der Waals surface area contributed by atoms with Gasteiger partial charge in [-0.05, 0) is 64.0 Å². The molecule has 1 saturated carbocycles. The molecule has 5 nitrogen and oxygen atoms in total. The number of rotatable bonds is 9. The van der Waals surface area contributed by atoms with Crippen molar-refractivity contribution in [3.05, 3.63) is 71.0 Å². The Morgan fingerprint density at radius 2 is 1.84 bits per heavy atom. The lowest BCUT2D eigenvalue weighted by Crippen LogP contribution is -2.42. The van der Waals surface area contributed by atoms with Crippen molar-refractivity contribution in [1.82, 2.24) is 15.5 Å². The smallest absolute Gasteiger partial charge is 0.254 e. The van der Waals surface area contributed by atoms with Crippen molar-refractivity contribution in [3.63, 3.8) is 0 Å². The zero-order chi connectivity index (χ0) is 23.5. The van der Waals surface area contributed by atoms with E-state index in [1.807, 2.05) is 51.0 Å². The van der Waals surface area contributed by atoms with Crippen molar-refractivity contribution in [2.45, 2.75) is 51.1 Å². The Morgan fingerprint density at radius 1 is 1.16 bits per heavy atom. The molecule has 0 aromatic heterocycles. The molecule has 6 heteroatoms. The molecule has 1 aliphatic rings. The molecular weight excluding hydrogens is 405 g/mol.